The van der Waals surface area contributed by atoms with Crippen LogP contribution < -0.4 is 14.8 Å². The zero-order valence-electron chi connectivity index (χ0n) is 18.5. The number of hydrogen-bond donors (Lipinski definition) is 1. The minimum absolute atomic E-state index is 0.320. The fourth-order valence-electron chi connectivity index (χ4n) is 3.87. The number of methoxy groups -OCH3 is 1. The summed E-state index contributed by atoms with van der Waals surface area (Å²) in [7, 11) is 1.66. The zero-order chi connectivity index (χ0) is 23.5. The van der Waals surface area contributed by atoms with Crippen LogP contribution >= 0.6 is 39.0 Å². The molecular formula is C25H23BrFN3O2S2. The zero-order valence-corrected chi connectivity index (χ0v) is 21.7. The standard InChI is InChI=1S/C25H23BrFN3O2S2/c1-31-18-3-2-4-20(12-18)34-24-13-19(32-23-6-5-17(27)11-21(23)26)14-30(24)25-29-22(15-33-25)16-7-9-28-10-8-16/h2-6,11-16,28H,7-10H2,1H3. The van der Waals surface area contributed by atoms with E-state index in [4.69, 9.17) is 14.5 Å². The van der Waals surface area contributed by atoms with Crippen molar-refractivity contribution in [2.75, 3.05) is 20.2 Å². The van der Waals surface area contributed by atoms with Crippen molar-refractivity contribution in [3.05, 3.63) is 76.1 Å². The predicted octanol–water partition coefficient (Wildman–Crippen LogP) is 7.25. The van der Waals surface area contributed by atoms with Crippen LogP contribution in [-0.2, 0) is 0 Å². The normalized spacial score (nSPS) is 14.3. The molecule has 0 saturated carbocycles. The highest BCUT2D eigenvalue weighted by Crippen LogP contribution is 2.39. The van der Waals surface area contributed by atoms with Crippen LogP contribution in [0.1, 0.15) is 24.5 Å². The molecule has 1 saturated heterocycles. The molecule has 4 aromatic rings. The highest BCUT2D eigenvalue weighted by molar-refractivity contribution is 9.10. The number of rotatable bonds is 7. The van der Waals surface area contributed by atoms with Gasteiger partial charge in [-0.05, 0) is 78.3 Å². The number of nitrogens with one attached hydrogen (secondary N) is 1. The molecule has 34 heavy (non-hydrogen) atoms. The van der Waals surface area contributed by atoms with E-state index in [2.05, 4.69) is 31.2 Å². The number of nitrogens with zero attached hydrogens (tertiary/aromatic N) is 2. The van der Waals surface area contributed by atoms with E-state index < -0.39 is 0 Å². The number of hydrogen-bond acceptors (Lipinski definition) is 6. The fourth-order valence-corrected chi connectivity index (χ4v) is 6.23. The molecule has 9 heteroatoms. The topological polar surface area (TPSA) is 48.3 Å². The lowest BCUT2D eigenvalue weighted by Gasteiger charge is -2.20. The first kappa shape index (κ1) is 23.4. The van der Waals surface area contributed by atoms with Crippen molar-refractivity contribution < 1.29 is 13.9 Å². The van der Waals surface area contributed by atoms with Gasteiger partial charge in [-0.3, -0.25) is 4.57 Å². The monoisotopic (exact) mass is 559 g/mol. The van der Waals surface area contributed by atoms with Crippen LogP contribution in [0, 0.1) is 5.82 Å². The minimum Gasteiger partial charge on any atom is -0.497 e. The Morgan fingerprint density at radius 3 is 2.79 bits per heavy atom. The Morgan fingerprint density at radius 2 is 2.00 bits per heavy atom. The van der Waals surface area contributed by atoms with E-state index in [1.165, 1.54) is 12.1 Å². The van der Waals surface area contributed by atoms with Gasteiger partial charge in [0.05, 0.1) is 28.5 Å². The summed E-state index contributed by atoms with van der Waals surface area (Å²) >= 11 is 6.63. The summed E-state index contributed by atoms with van der Waals surface area (Å²) < 4.78 is 27.6. The second-order valence-corrected chi connectivity index (χ2v) is 10.7. The van der Waals surface area contributed by atoms with E-state index in [-0.39, 0.29) is 5.82 Å². The van der Waals surface area contributed by atoms with Gasteiger partial charge in [-0.2, -0.15) is 0 Å². The number of halogens is 2. The first-order valence-corrected chi connectivity index (χ1v) is 13.4. The molecule has 1 fully saturated rings. The lowest BCUT2D eigenvalue weighted by Crippen LogP contribution is -2.26. The summed E-state index contributed by atoms with van der Waals surface area (Å²) in [4.78, 5) is 6.04. The number of thiazole rings is 1. The maximum Gasteiger partial charge on any atom is 0.194 e. The Kier molecular flexibility index (Phi) is 7.24. The van der Waals surface area contributed by atoms with Crippen LogP contribution in [0.4, 0.5) is 4.39 Å². The Hall–Kier alpha value is -2.33. The van der Waals surface area contributed by atoms with Crippen LogP contribution in [0.3, 0.4) is 0 Å². The summed E-state index contributed by atoms with van der Waals surface area (Å²) in [5.74, 6) is 2.17. The van der Waals surface area contributed by atoms with E-state index in [0.29, 0.717) is 21.9 Å². The van der Waals surface area contributed by atoms with Gasteiger partial charge in [-0.1, -0.05) is 17.8 Å². The third-order valence-corrected chi connectivity index (χ3v) is 8.11. The largest absolute Gasteiger partial charge is 0.497 e. The summed E-state index contributed by atoms with van der Waals surface area (Å²) in [5.41, 5.74) is 1.15. The Balaban J connectivity index is 1.48. The van der Waals surface area contributed by atoms with Crippen LogP contribution in [-0.4, -0.2) is 29.8 Å². The molecule has 5 rings (SSSR count). The molecule has 0 aliphatic carbocycles. The van der Waals surface area contributed by atoms with E-state index in [9.17, 15) is 4.39 Å². The van der Waals surface area contributed by atoms with Gasteiger partial charge in [0.25, 0.3) is 0 Å². The SMILES string of the molecule is COc1cccc(Sc2cc(Oc3ccc(F)cc3Br)cn2-c2nc(C3CCNCC3)cs2)c1. The summed E-state index contributed by atoms with van der Waals surface area (Å²) in [6.45, 7) is 2.06. The molecular weight excluding hydrogens is 537 g/mol. The van der Waals surface area contributed by atoms with Crippen molar-refractivity contribution in [2.24, 2.45) is 0 Å². The molecule has 0 atom stereocenters. The van der Waals surface area contributed by atoms with Crippen LogP contribution in [0.5, 0.6) is 17.2 Å². The molecule has 0 spiro atoms. The molecule has 0 amide bonds. The van der Waals surface area contributed by atoms with Crippen molar-refractivity contribution in [2.45, 2.75) is 28.7 Å². The Morgan fingerprint density at radius 1 is 1.15 bits per heavy atom. The smallest absolute Gasteiger partial charge is 0.194 e. The molecule has 1 aliphatic heterocycles. The fraction of sp³-hybridized carbons (Fsp3) is 0.240. The Labute approximate surface area is 214 Å². The number of piperidine rings is 1. The molecule has 2 aromatic carbocycles. The average molecular weight is 561 g/mol. The van der Waals surface area contributed by atoms with Gasteiger partial charge in [-0.25, -0.2) is 9.37 Å². The van der Waals surface area contributed by atoms with Crippen molar-refractivity contribution >= 4 is 39.0 Å². The lowest BCUT2D eigenvalue weighted by atomic mass is 9.96. The Bertz CT molecular complexity index is 1290. The van der Waals surface area contributed by atoms with E-state index >= 15 is 0 Å². The number of ether oxygens (including phenoxy) is 2. The second-order valence-electron chi connectivity index (χ2n) is 7.92. The van der Waals surface area contributed by atoms with Crippen molar-refractivity contribution in [1.29, 1.82) is 0 Å². The van der Waals surface area contributed by atoms with Gasteiger partial charge >= 0.3 is 0 Å². The van der Waals surface area contributed by atoms with Crippen LogP contribution in [0.15, 0.2) is 74.5 Å². The lowest BCUT2D eigenvalue weighted by molar-refractivity contribution is 0.413. The van der Waals surface area contributed by atoms with Gasteiger partial charge in [0.1, 0.15) is 23.1 Å². The first-order chi connectivity index (χ1) is 16.6. The average Bonchev–Trinajstić information content (AvgIpc) is 3.49. The third-order valence-electron chi connectivity index (χ3n) is 5.62. The third kappa shape index (κ3) is 5.33. The molecule has 0 radical (unpaired) electrons. The quantitative estimate of drug-likeness (QED) is 0.258. The van der Waals surface area contributed by atoms with Gasteiger partial charge in [0, 0.05) is 22.3 Å². The number of benzene rings is 2. The molecule has 1 aliphatic rings. The molecule has 0 bridgehead atoms. The van der Waals surface area contributed by atoms with Crippen molar-refractivity contribution in [3.63, 3.8) is 0 Å². The van der Waals surface area contributed by atoms with Gasteiger partial charge in [-0.15, -0.1) is 11.3 Å². The summed E-state index contributed by atoms with van der Waals surface area (Å²) in [6, 6.07) is 14.3. The van der Waals surface area contributed by atoms with Crippen LogP contribution in [0.2, 0.25) is 0 Å². The highest BCUT2D eigenvalue weighted by Gasteiger charge is 2.20. The maximum absolute atomic E-state index is 13.5. The first-order valence-electron chi connectivity index (χ1n) is 10.9. The maximum atomic E-state index is 13.5. The molecule has 2 aromatic heterocycles. The predicted molar refractivity (Wildman–Crippen MR) is 138 cm³/mol. The van der Waals surface area contributed by atoms with Gasteiger partial charge in [0.15, 0.2) is 5.13 Å². The van der Waals surface area contributed by atoms with E-state index in [1.54, 1.807) is 36.3 Å². The molecule has 176 valence electrons. The summed E-state index contributed by atoms with van der Waals surface area (Å²) in [6.07, 6.45) is 4.14. The molecule has 3 heterocycles. The number of aromatic nitrogens is 2. The summed E-state index contributed by atoms with van der Waals surface area (Å²) in [5, 5.41) is 7.45. The van der Waals surface area contributed by atoms with Crippen molar-refractivity contribution in [3.8, 4) is 22.4 Å². The molecule has 0 unspecified atom stereocenters. The molecule has 5 nitrogen and oxygen atoms in total. The van der Waals surface area contributed by atoms with Gasteiger partial charge in [0.2, 0.25) is 0 Å². The molecule has 1 N–H and O–H groups in total. The van der Waals surface area contributed by atoms with Gasteiger partial charge < -0.3 is 14.8 Å². The second kappa shape index (κ2) is 10.5. The highest BCUT2D eigenvalue weighted by atomic mass is 79.9. The van der Waals surface area contributed by atoms with E-state index in [1.807, 2.05) is 36.5 Å². The van der Waals surface area contributed by atoms with E-state index in [0.717, 1.165) is 52.4 Å². The van der Waals surface area contributed by atoms with Crippen LogP contribution in [0.25, 0.3) is 5.13 Å². The van der Waals surface area contributed by atoms with Crippen molar-refractivity contribution in [1.82, 2.24) is 14.9 Å². The minimum atomic E-state index is -0.320.